The van der Waals surface area contributed by atoms with Crippen LogP contribution in [0.15, 0.2) is 79.9 Å². The van der Waals surface area contributed by atoms with Crippen molar-refractivity contribution >= 4 is 22.9 Å². The maximum atomic E-state index is 3.78. The topological polar surface area (TPSA) is 0 Å². The van der Waals surface area contributed by atoms with Gasteiger partial charge in [-0.3, -0.25) is 0 Å². The molecule has 0 unspecified atom stereocenters. The monoisotopic (exact) mass is 272 g/mol. The fourth-order valence-electron chi connectivity index (χ4n) is 2.24. The van der Waals surface area contributed by atoms with E-state index in [4.69, 9.17) is 0 Å². The minimum atomic E-state index is 1.20. The summed E-state index contributed by atoms with van der Waals surface area (Å²) in [7, 11) is 0. The molecule has 0 saturated carbocycles. The minimum Gasteiger partial charge on any atom is -0.0985 e. The lowest BCUT2D eigenvalue weighted by molar-refractivity contribution is 1.45. The van der Waals surface area contributed by atoms with Gasteiger partial charge < -0.3 is 0 Å². The summed E-state index contributed by atoms with van der Waals surface area (Å²) in [5.74, 6) is 0. The van der Waals surface area contributed by atoms with Crippen LogP contribution in [-0.2, 0) is 0 Å². The highest BCUT2D eigenvalue weighted by atomic mass is 14.0. The minimum absolute atomic E-state index is 1.20. The number of benzene rings is 3. The molecule has 0 nitrogen and oxygen atoms in total. The molecule has 3 rings (SSSR count). The van der Waals surface area contributed by atoms with E-state index in [1.165, 1.54) is 27.5 Å². The van der Waals surface area contributed by atoms with E-state index in [2.05, 4.69) is 74.7 Å². The number of rotatable bonds is 2. The van der Waals surface area contributed by atoms with Crippen molar-refractivity contribution in [1.29, 1.82) is 0 Å². The molecule has 0 heterocycles. The molecular weight excluding hydrogens is 252 g/mol. The van der Waals surface area contributed by atoms with Crippen LogP contribution in [0.5, 0.6) is 0 Å². The van der Waals surface area contributed by atoms with Gasteiger partial charge in [-0.15, -0.1) is 0 Å². The third-order valence-electron chi connectivity index (χ3n) is 3.45. The zero-order chi connectivity index (χ0) is 15.1. The summed E-state index contributed by atoms with van der Waals surface area (Å²) in [6, 6.07) is 22.8. The molecule has 3 aromatic rings. The average Bonchev–Trinajstić information content (AvgIpc) is 2.55. The molecule has 0 aliphatic carbocycles. The molecule has 0 aliphatic heterocycles. The first-order valence-electron chi connectivity index (χ1n) is 7.04. The summed E-state index contributed by atoms with van der Waals surface area (Å²) in [6.45, 7) is 9.55. The average molecular weight is 272 g/mol. The third-order valence-corrected chi connectivity index (χ3v) is 3.45. The van der Waals surface area contributed by atoms with Crippen molar-refractivity contribution in [3.8, 4) is 0 Å². The molecule has 0 radical (unpaired) electrons. The van der Waals surface area contributed by atoms with Gasteiger partial charge in [0.1, 0.15) is 0 Å². The van der Waals surface area contributed by atoms with Crippen LogP contribution < -0.4 is 0 Å². The lowest BCUT2D eigenvalue weighted by atomic mass is 10.1. The highest BCUT2D eigenvalue weighted by Crippen LogP contribution is 2.18. The van der Waals surface area contributed by atoms with Crippen molar-refractivity contribution < 1.29 is 0 Å². The second-order valence-corrected chi connectivity index (χ2v) is 4.83. The molecule has 0 aromatic heterocycles. The highest BCUT2D eigenvalue weighted by molar-refractivity contribution is 5.90. The molecule has 0 saturated heterocycles. The van der Waals surface area contributed by atoms with Gasteiger partial charge in [0.15, 0.2) is 0 Å². The Labute approximate surface area is 127 Å². The normalized spacial score (nSPS) is 9.57. The summed E-state index contributed by atoms with van der Waals surface area (Å²) in [5.41, 5.74) is 3.71. The van der Waals surface area contributed by atoms with Crippen LogP contribution in [0.4, 0.5) is 0 Å². The van der Waals surface area contributed by atoms with E-state index in [0.717, 1.165) is 0 Å². The molecule has 0 spiro atoms. The van der Waals surface area contributed by atoms with Gasteiger partial charge in [-0.1, -0.05) is 92.0 Å². The van der Waals surface area contributed by atoms with Gasteiger partial charge in [-0.05, 0) is 34.4 Å². The van der Waals surface area contributed by atoms with Crippen molar-refractivity contribution in [2.45, 2.75) is 6.92 Å². The molecule has 0 bridgehead atoms. The van der Waals surface area contributed by atoms with Crippen molar-refractivity contribution in [1.82, 2.24) is 0 Å². The molecule has 0 aliphatic rings. The zero-order valence-corrected chi connectivity index (χ0v) is 12.4. The molecular formula is C21H20. The SMILES string of the molecule is C=Cc1cccc2ccccc12.C=Cc1ccccc1C. The van der Waals surface area contributed by atoms with Crippen molar-refractivity contribution in [2.24, 2.45) is 0 Å². The predicted molar refractivity (Wildman–Crippen MR) is 95.3 cm³/mol. The van der Waals surface area contributed by atoms with E-state index >= 15 is 0 Å². The van der Waals surface area contributed by atoms with E-state index < -0.39 is 0 Å². The molecule has 3 aromatic carbocycles. The fourth-order valence-corrected chi connectivity index (χ4v) is 2.24. The summed E-state index contributed by atoms with van der Waals surface area (Å²) < 4.78 is 0. The molecule has 21 heavy (non-hydrogen) atoms. The highest BCUT2D eigenvalue weighted by Gasteiger charge is 1.93. The number of aryl methyl sites for hydroxylation is 1. The van der Waals surface area contributed by atoms with Crippen LogP contribution >= 0.6 is 0 Å². The maximum Gasteiger partial charge on any atom is -0.0112 e. The van der Waals surface area contributed by atoms with Gasteiger partial charge in [0, 0.05) is 0 Å². The molecule has 0 atom stereocenters. The summed E-state index contributed by atoms with van der Waals surface area (Å²) in [5, 5.41) is 2.55. The van der Waals surface area contributed by atoms with Crippen LogP contribution in [-0.4, -0.2) is 0 Å². The second-order valence-electron chi connectivity index (χ2n) is 4.83. The Morgan fingerprint density at radius 3 is 1.90 bits per heavy atom. The lowest BCUT2D eigenvalue weighted by Crippen LogP contribution is -1.75. The van der Waals surface area contributed by atoms with Gasteiger partial charge in [0.2, 0.25) is 0 Å². The van der Waals surface area contributed by atoms with Gasteiger partial charge in [-0.2, -0.15) is 0 Å². The molecule has 0 heteroatoms. The Kier molecular flexibility index (Phi) is 5.11. The van der Waals surface area contributed by atoms with Gasteiger partial charge in [0.05, 0.1) is 0 Å². The quantitative estimate of drug-likeness (QED) is 0.527. The fraction of sp³-hybridized carbons (Fsp3) is 0.0476. The smallest absolute Gasteiger partial charge is 0.0112 e. The van der Waals surface area contributed by atoms with E-state index in [9.17, 15) is 0 Å². The van der Waals surface area contributed by atoms with Gasteiger partial charge >= 0.3 is 0 Å². The standard InChI is InChI=1S/C12H10.C9H10/c1-2-10-7-5-8-11-6-3-4-9-12(10)11;1-3-9-7-5-4-6-8(9)2/h2-9H,1H2;3-7H,1H2,2H3. The van der Waals surface area contributed by atoms with Crippen LogP contribution in [0.3, 0.4) is 0 Å². The first-order chi connectivity index (χ1) is 10.3. The Balaban J connectivity index is 0.000000161. The Hall–Kier alpha value is -2.60. The number of hydrogen-bond acceptors (Lipinski definition) is 0. The van der Waals surface area contributed by atoms with Crippen LogP contribution in [0, 0.1) is 6.92 Å². The lowest BCUT2D eigenvalue weighted by Gasteiger charge is -1.99. The Morgan fingerprint density at radius 2 is 1.24 bits per heavy atom. The predicted octanol–water partition coefficient (Wildman–Crippen LogP) is 6.12. The van der Waals surface area contributed by atoms with Crippen LogP contribution in [0.2, 0.25) is 0 Å². The first-order valence-corrected chi connectivity index (χ1v) is 7.04. The maximum absolute atomic E-state index is 3.78. The third kappa shape index (κ3) is 3.70. The molecule has 0 N–H and O–H groups in total. The van der Waals surface area contributed by atoms with Crippen LogP contribution in [0.25, 0.3) is 22.9 Å². The van der Waals surface area contributed by atoms with Crippen LogP contribution in [0.1, 0.15) is 16.7 Å². The van der Waals surface area contributed by atoms with Gasteiger partial charge in [0.25, 0.3) is 0 Å². The first kappa shape index (κ1) is 14.8. The zero-order valence-electron chi connectivity index (χ0n) is 12.4. The van der Waals surface area contributed by atoms with Crippen molar-refractivity contribution in [2.75, 3.05) is 0 Å². The Bertz CT molecular complexity index is 745. The summed E-state index contributed by atoms with van der Waals surface area (Å²) in [6.07, 6.45) is 3.76. The van der Waals surface area contributed by atoms with Gasteiger partial charge in [-0.25, -0.2) is 0 Å². The molecule has 0 fully saturated rings. The summed E-state index contributed by atoms with van der Waals surface area (Å²) >= 11 is 0. The second kappa shape index (κ2) is 7.25. The number of fused-ring (bicyclic) bond motifs is 1. The van der Waals surface area contributed by atoms with E-state index in [1.807, 2.05) is 24.3 Å². The van der Waals surface area contributed by atoms with E-state index in [1.54, 1.807) is 0 Å². The van der Waals surface area contributed by atoms with Crippen molar-refractivity contribution in [3.63, 3.8) is 0 Å². The molecule has 104 valence electrons. The van der Waals surface area contributed by atoms with E-state index in [-0.39, 0.29) is 0 Å². The largest absolute Gasteiger partial charge is 0.0985 e. The summed E-state index contributed by atoms with van der Waals surface area (Å²) in [4.78, 5) is 0. The van der Waals surface area contributed by atoms with Crippen molar-refractivity contribution in [3.05, 3.63) is 96.6 Å². The van der Waals surface area contributed by atoms with E-state index in [0.29, 0.717) is 0 Å². The Morgan fingerprint density at radius 1 is 0.667 bits per heavy atom. The molecule has 0 amide bonds. The number of hydrogen-bond donors (Lipinski definition) is 0.